The summed E-state index contributed by atoms with van der Waals surface area (Å²) in [5, 5.41) is 13.5. The zero-order chi connectivity index (χ0) is 11.5. The highest BCUT2D eigenvalue weighted by Crippen LogP contribution is 2.06. The molecular weight excluding hydrogens is 214 g/mol. The van der Waals surface area contributed by atoms with E-state index in [1.54, 1.807) is 24.3 Å². The first kappa shape index (κ1) is 11.7. The second-order valence-corrected chi connectivity index (χ2v) is 4.76. The monoisotopic (exact) mass is 225 g/mol. The summed E-state index contributed by atoms with van der Waals surface area (Å²) in [5.41, 5.74) is 1.32. The van der Waals surface area contributed by atoms with Crippen LogP contribution < -0.4 is 5.14 Å². The van der Waals surface area contributed by atoms with Crippen LogP contribution in [0, 0.1) is 11.3 Å². The molecule has 5 nitrogen and oxygen atoms in total. The molecule has 0 fully saturated rings. The molecule has 0 saturated heterocycles. The highest BCUT2D eigenvalue weighted by atomic mass is 32.2. The van der Waals surface area contributed by atoms with Gasteiger partial charge in [-0.05, 0) is 17.7 Å². The van der Waals surface area contributed by atoms with Crippen molar-refractivity contribution in [3.05, 3.63) is 35.4 Å². The largest absolute Gasteiger partial charge is 0.276 e. The smallest absolute Gasteiger partial charge is 0.216 e. The normalized spacial score (nSPS) is 11.3. The van der Waals surface area contributed by atoms with Gasteiger partial charge >= 0.3 is 0 Å². The Morgan fingerprint density at radius 2 is 1.93 bits per heavy atom. The van der Waals surface area contributed by atoms with Crippen molar-refractivity contribution in [2.24, 2.45) is 5.14 Å². The summed E-state index contributed by atoms with van der Waals surface area (Å²) in [7, 11) is -2.25. The van der Waals surface area contributed by atoms with E-state index in [1.807, 2.05) is 6.07 Å². The second-order valence-electron chi connectivity index (χ2n) is 3.11. The Balaban J connectivity index is 2.79. The minimum Gasteiger partial charge on any atom is -0.216 e. The summed E-state index contributed by atoms with van der Waals surface area (Å²) < 4.78 is 22.9. The lowest BCUT2D eigenvalue weighted by Gasteiger charge is -2.13. The third kappa shape index (κ3) is 3.32. The van der Waals surface area contributed by atoms with Gasteiger partial charge in [0.2, 0.25) is 0 Å². The van der Waals surface area contributed by atoms with E-state index in [-0.39, 0.29) is 6.54 Å². The molecule has 0 heterocycles. The minimum atomic E-state index is -3.65. The van der Waals surface area contributed by atoms with E-state index in [0.717, 1.165) is 9.87 Å². The minimum absolute atomic E-state index is 0.199. The molecule has 0 aromatic heterocycles. The van der Waals surface area contributed by atoms with Gasteiger partial charge in [0.15, 0.2) is 0 Å². The Hall–Kier alpha value is -1.42. The summed E-state index contributed by atoms with van der Waals surface area (Å²) in [5.74, 6) is 0. The first-order valence-electron chi connectivity index (χ1n) is 4.16. The lowest BCUT2D eigenvalue weighted by Crippen LogP contribution is -2.32. The van der Waals surface area contributed by atoms with Gasteiger partial charge in [0.05, 0.1) is 11.6 Å². The summed E-state index contributed by atoms with van der Waals surface area (Å²) in [6.45, 7) is 0.199. The van der Waals surface area contributed by atoms with Gasteiger partial charge in [0, 0.05) is 13.6 Å². The second kappa shape index (κ2) is 4.40. The molecule has 1 aromatic rings. The van der Waals surface area contributed by atoms with Gasteiger partial charge in [-0.1, -0.05) is 12.1 Å². The Bertz CT molecular complexity index is 473. The highest BCUT2D eigenvalue weighted by Gasteiger charge is 2.11. The lowest BCUT2D eigenvalue weighted by atomic mass is 10.1. The van der Waals surface area contributed by atoms with Crippen molar-refractivity contribution >= 4 is 10.2 Å². The fourth-order valence-electron chi connectivity index (χ4n) is 1.03. The Morgan fingerprint density at radius 1 is 1.40 bits per heavy atom. The van der Waals surface area contributed by atoms with Crippen LogP contribution in [0.1, 0.15) is 11.1 Å². The number of benzene rings is 1. The molecule has 15 heavy (non-hydrogen) atoms. The van der Waals surface area contributed by atoms with Crippen molar-refractivity contribution in [2.75, 3.05) is 7.05 Å². The van der Waals surface area contributed by atoms with Gasteiger partial charge < -0.3 is 0 Å². The molecule has 2 N–H and O–H groups in total. The summed E-state index contributed by atoms with van der Waals surface area (Å²) >= 11 is 0. The molecule has 0 saturated carbocycles. The van der Waals surface area contributed by atoms with Crippen LogP contribution in [-0.4, -0.2) is 19.8 Å². The molecule has 0 unspecified atom stereocenters. The maximum atomic E-state index is 10.9. The standard InChI is InChI=1S/C9H11N3O2S/c1-12(15(11,13)14)7-9-4-2-8(6-10)3-5-9/h2-5H,7H2,1H3,(H2,11,13,14). The molecule has 80 valence electrons. The average molecular weight is 225 g/mol. The molecule has 0 radical (unpaired) electrons. The van der Waals surface area contributed by atoms with Gasteiger partial charge in [0.25, 0.3) is 10.2 Å². The van der Waals surface area contributed by atoms with Crippen LogP contribution in [0.2, 0.25) is 0 Å². The summed E-state index contributed by atoms with van der Waals surface area (Å²) in [6.07, 6.45) is 0. The number of nitriles is 1. The van der Waals surface area contributed by atoms with Crippen LogP contribution in [0.3, 0.4) is 0 Å². The van der Waals surface area contributed by atoms with Crippen LogP contribution in [0.5, 0.6) is 0 Å². The first-order valence-corrected chi connectivity index (χ1v) is 5.67. The topological polar surface area (TPSA) is 87.2 Å². The molecule has 1 aromatic carbocycles. The summed E-state index contributed by atoms with van der Waals surface area (Å²) in [4.78, 5) is 0. The maximum Gasteiger partial charge on any atom is 0.276 e. The fourth-order valence-corrected chi connectivity index (χ4v) is 1.36. The number of rotatable bonds is 3. The van der Waals surface area contributed by atoms with Crippen molar-refractivity contribution in [3.8, 4) is 6.07 Å². The quantitative estimate of drug-likeness (QED) is 0.796. The average Bonchev–Trinajstić information content (AvgIpc) is 2.17. The van der Waals surface area contributed by atoms with E-state index >= 15 is 0 Å². The Kier molecular flexibility index (Phi) is 3.42. The SMILES string of the molecule is CN(Cc1ccc(C#N)cc1)S(N)(=O)=O. The van der Waals surface area contributed by atoms with Crippen molar-refractivity contribution in [3.63, 3.8) is 0 Å². The van der Waals surface area contributed by atoms with E-state index in [2.05, 4.69) is 0 Å². The molecule has 0 spiro atoms. The zero-order valence-electron chi connectivity index (χ0n) is 8.21. The van der Waals surface area contributed by atoms with Crippen LogP contribution in [0.15, 0.2) is 24.3 Å². The van der Waals surface area contributed by atoms with Gasteiger partial charge in [-0.3, -0.25) is 0 Å². The van der Waals surface area contributed by atoms with Gasteiger partial charge in [-0.15, -0.1) is 0 Å². The zero-order valence-corrected chi connectivity index (χ0v) is 9.03. The molecule has 0 bridgehead atoms. The van der Waals surface area contributed by atoms with Crippen LogP contribution in [-0.2, 0) is 16.8 Å². The Labute approximate surface area is 88.9 Å². The summed E-state index contributed by atoms with van der Waals surface area (Å²) in [6, 6.07) is 8.63. The molecule has 0 atom stereocenters. The van der Waals surface area contributed by atoms with Crippen molar-refractivity contribution in [1.29, 1.82) is 5.26 Å². The third-order valence-corrected chi connectivity index (χ3v) is 2.92. The molecule has 6 heteroatoms. The predicted molar refractivity (Wildman–Crippen MR) is 55.7 cm³/mol. The molecular formula is C9H11N3O2S. The van der Waals surface area contributed by atoms with Crippen molar-refractivity contribution in [2.45, 2.75) is 6.54 Å². The van der Waals surface area contributed by atoms with Gasteiger partial charge in [-0.2, -0.15) is 18.0 Å². The van der Waals surface area contributed by atoms with E-state index in [9.17, 15) is 8.42 Å². The molecule has 0 amide bonds. The highest BCUT2D eigenvalue weighted by molar-refractivity contribution is 7.86. The maximum absolute atomic E-state index is 10.9. The van der Waals surface area contributed by atoms with E-state index in [0.29, 0.717) is 5.56 Å². The van der Waals surface area contributed by atoms with Gasteiger partial charge in [0.1, 0.15) is 0 Å². The number of hydrogen-bond donors (Lipinski definition) is 1. The first-order chi connectivity index (χ1) is 6.93. The number of hydrogen-bond acceptors (Lipinski definition) is 3. The third-order valence-electron chi connectivity index (χ3n) is 1.92. The van der Waals surface area contributed by atoms with Crippen LogP contribution >= 0.6 is 0 Å². The Morgan fingerprint density at radius 3 is 2.33 bits per heavy atom. The van der Waals surface area contributed by atoms with Crippen molar-refractivity contribution < 1.29 is 8.42 Å². The predicted octanol–water partition coefficient (Wildman–Crippen LogP) is 0.194. The van der Waals surface area contributed by atoms with E-state index in [4.69, 9.17) is 10.4 Å². The number of nitrogens with zero attached hydrogens (tertiary/aromatic N) is 2. The van der Waals surface area contributed by atoms with Crippen LogP contribution in [0.4, 0.5) is 0 Å². The van der Waals surface area contributed by atoms with Gasteiger partial charge in [-0.25, -0.2) is 5.14 Å². The number of nitrogens with two attached hydrogens (primary N) is 1. The molecule has 0 aliphatic heterocycles. The van der Waals surface area contributed by atoms with E-state index < -0.39 is 10.2 Å². The fraction of sp³-hybridized carbons (Fsp3) is 0.222. The molecule has 1 rings (SSSR count). The van der Waals surface area contributed by atoms with E-state index in [1.165, 1.54) is 7.05 Å². The van der Waals surface area contributed by atoms with Crippen LogP contribution in [0.25, 0.3) is 0 Å². The molecule has 0 aliphatic rings. The lowest BCUT2D eigenvalue weighted by molar-refractivity contribution is 0.468. The molecule has 0 aliphatic carbocycles. The van der Waals surface area contributed by atoms with Crippen molar-refractivity contribution in [1.82, 2.24) is 4.31 Å².